The molecule has 0 saturated carbocycles. The molecule has 0 aliphatic carbocycles. The van der Waals surface area contributed by atoms with Crippen molar-refractivity contribution < 1.29 is 13.2 Å². The van der Waals surface area contributed by atoms with E-state index in [4.69, 9.17) is 4.74 Å². The van der Waals surface area contributed by atoms with Crippen molar-refractivity contribution in [2.75, 3.05) is 27.3 Å². The molecule has 7 heteroatoms. The van der Waals surface area contributed by atoms with Crippen LogP contribution in [0, 0.1) is 0 Å². The van der Waals surface area contributed by atoms with Crippen LogP contribution in [-0.4, -0.2) is 47.0 Å². The van der Waals surface area contributed by atoms with Crippen LogP contribution in [0.15, 0.2) is 0 Å². The Morgan fingerprint density at radius 1 is 1.33 bits per heavy atom. The highest BCUT2D eigenvalue weighted by molar-refractivity contribution is 7.90. The zero-order valence-electron chi connectivity index (χ0n) is 9.61. The van der Waals surface area contributed by atoms with Crippen molar-refractivity contribution in [2.24, 2.45) is 0 Å². The molecule has 15 heavy (non-hydrogen) atoms. The number of ether oxygens (including phenoxy) is 1. The summed E-state index contributed by atoms with van der Waals surface area (Å²) in [6, 6.07) is 0.125. The molecule has 0 bridgehead atoms. The quantitative estimate of drug-likeness (QED) is 0.675. The molecule has 2 N–H and O–H groups in total. The van der Waals surface area contributed by atoms with Crippen LogP contribution >= 0.6 is 12.4 Å². The van der Waals surface area contributed by atoms with E-state index in [1.807, 2.05) is 6.92 Å². The summed E-state index contributed by atoms with van der Waals surface area (Å²) in [6.45, 7) is 4.13. The fraction of sp³-hybridized carbons (Fsp3) is 1.00. The van der Waals surface area contributed by atoms with E-state index in [1.54, 1.807) is 14.0 Å². The molecule has 94 valence electrons. The summed E-state index contributed by atoms with van der Waals surface area (Å²) in [5.41, 5.74) is 0. The number of likely N-dealkylation sites (N-methyl/N-ethyl adjacent to an activating group) is 1. The van der Waals surface area contributed by atoms with Gasteiger partial charge in [0.25, 0.3) is 0 Å². The molecular formula is C8H21ClN2O3S. The predicted octanol–water partition coefficient (Wildman–Crippen LogP) is -0.0296. The molecule has 0 aromatic carbocycles. The first-order valence-electron chi connectivity index (χ1n) is 4.58. The van der Waals surface area contributed by atoms with Gasteiger partial charge in [0.2, 0.25) is 10.0 Å². The van der Waals surface area contributed by atoms with Gasteiger partial charge in [-0.25, -0.2) is 13.1 Å². The lowest BCUT2D eigenvalue weighted by atomic mass is 10.4. The van der Waals surface area contributed by atoms with E-state index in [9.17, 15) is 8.42 Å². The molecule has 0 saturated heterocycles. The van der Waals surface area contributed by atoms with Gasteiger partial charge in [-0.15, -0.1) is 12.4 Å². The van der Waals surface area contributed by atoms with Gasteiger partial charge in [0, 0.05) is 19.7 Å². The second-order valence-corrected chi connectivity index (χ2v) is 5.53. The van der Waals surface area contributed by atoms with Gasteiger partial charge in [-0.3, -0.25) is 0 Å². The molecule has 0 aliphatic rings. The van der Waals surface area contributed by atoms with Crippen molar-refractivity contribution in [3.63, 3.8) is 0 Å². The van der Waals surface area contributed by atoms with Crippen molar-refractivity contribution in [1.29, 1.82) is 0 Å². The molecule has 0 rings (SSSR count). The molecule has 0 radical (unpaired) electrons. The average Bonchev–Trinajstić information content (AvgIpc) is 2.14. The first-order valence-corrected chi connectivity index (χ1v) is 6.13. The van der Waals surface area contributed by atoms with Crippen molar-refractivity contribution in [1.82, 2.24) is 10.0 Å². The Morgan fingerprint density at radius 3 is 2.27 bits per heavy atom. The number of methoxy groups -OCH3 is 1. The smallest absolute Gasteiger partial charge is 0.216 e. The third-order valence-electron chi connectivity index (χ3n) is 2.01. The Labute approximate surface area is 98.4 Å². The predicted molar refractivity (Wildman–Crippen MR) is 64.0 cm³/mol. The molecule has 0 spiro atoms. The van der Waals surface area contributed by atoms with E-state index in [-0.39, 0.29) is 25.1 Å². The zero-order valence-corrected chi connectivity index (χ0v) is 11.2. The fourth-order valence-electron chi connectivity index (χ4n) is 0.810. The third kappa shape index (κ3) is 7.08. The Bertz CT molecular complexity index is 246. The van der Waals surface area contributed by atoms with Crippen LogP contribution in [0.25, 0.3) is 0 Å². The van der Waals surface area contributed by atoms with Gasteiger partial charge < -0.3 is 10.1 Å². The normalized spacial score (nSPS) is 15.5. The van der Waals surface area contributed by atoms with Gasteiger partial charge in [-0.1, -0.05) is 0 Å². The summed E-state index contributed by atoms with van der Waals surface area (Å²) >= 11 is 0. The maximum atomic E-state index is 11.5. The maximum Gasteiger partial charge on any atom is 0.216 e. The lowest BCUT2D eigenvalue weighted by Crippen LogP contribution is -2.41. The van der Waals surface area contributed by atoms with E-state index < -0.39 is 15.3 Å². The molecular weight excluding hydrogens is 240 g/mol. The van der Waals surface area contributed by atoms with Gasteiger partial charge in [0.15, 0.2) is 0 Å². The molecule has 0 heterocycles. The number of hydrogen-bond acceptors (Lipinski definition) is 4. The van der Waals surface area contributed by atoms with Crippen LogP contribution in [0.1, 0.15) is 13.8 Å². The van der Waals surface area contributed by atoms with Gasteiger partial charge in [-0.05, 0) is 20.9 Å². The van der Waals surface area contributed by atoms with Crippen LogP contribution in [0.4, 0.5) is 0 Å². The second-order valence-electron chi connectivity index (χ2n) is 3.35. The van der Waals surface area contributed by atoms with E-state index in [0.29, 0.717) is 6.54 Å². The molecule has 0 aromatic heterocycles. The highest BCUT2D eigenvalue weighted by Crippen LogP contribution is 1.98. The summed E-state index contributed by atoms with van der Waals surface area (Å²) in [7, 11) is 0.0350. The van der Waals surface area contributed by atoms with Crippen LogP contribution in [0.5, 0.6) is 0 Å². The molecule has 0 aromatic rings. The van der Waals surface area contributed by atoms with E-state index in [0.717, 1.165) is 0 Å². The monoisotopic (exact) mass is 260 g/mol. The van der Waals surface area contributed by atoms with E-state index >= 15 is 0 Å². The SMILES string of the molecule is CNC(C)CNS(=O)(=O)C(C)COC.Cl. The van der Waals surface area contributed by atoms with Gasteiger partial charge in [-0.2, -0.15) is 0 Å². The number of rotatable bonds is 7. The maximum absolute atomic E-state index is 11.5. The lowest BCUT2D eigenvalue weighted by Gasteiger charge is -2.15. The highest BCUT2D eigenvalue weighted by atomic mass is 35.5. The summed E-state index contributed by atoms with van der Waals surface area (Å²) in [6.07, 6.45) is 0. The van der Waals surface area contributed by atoms with E-state index in [2.05, 4.69) is 10.0 Å². The Hall–Kier alpha value is 0.120. The van der Waals surface area contributed by atoms with Crippen molar-refractivity contribution in [3.05, 3.63) is 0 Å². The van der Waals surface area contributed by atoms with Crippen molar-refractivity contribution >= 4 is 22.4 Å². The first kappa shape index (κ1) is 17.5. The largest absolute Gasteiger partial charge is 0.383 e. The number of nitrogens with one attached hydrogen (secondary N) is 2. The molecule has 0 amide bonds. The number of sulfonamides is 1. The second kappa shape index (κ2) is 8.29. The summed E-state index contributed by atoms with van der Waals surface area (Å²) in [5, 5.41) is 2.43. The highest BCUT2D eigenvalue weighted by Gasteiger charge is 2.20. The van der Waals surface area contributed by atoms with Crippen LogP contribution in [0.2, 0.25) is 0 Å². The van der Waals surface area contributed by atoms with Gasteiger partial charge in [0.1, 0.15) is 0 Å². The molecule has 2 unspecified atom stereocenters. The Morgan fingerprint density at radius 2 is 1.87 bits per heavy atom. The fourth-order valence-corrected chi connectivity index (χ4v) is 1.89. The van der Waals surface area contributed by atoms with Crippen LogP contribution < -0.4 is 10.0 Å². The lowest BCUT2D eigenvalue weighted by molar-refractivity contribution is 0.200. The number of halogens is 1. The first-order chi connectivity index (χ1) is 6.44. The van der Waals surface area contributed by atoms with Crippen LogP contribution in [-0.2, 0) is 14.8 Å². The Balaban J connectivity index is 0. The minimum Gasteiger partial charge on any atom is -0.383 e. The Kier molecular flexibility index (Phi) is 9.68. The zero-order chi connectivity index (χ0) is 11.2. The van der Waals surface area contributed by atoms with E-state index in [1.165, 1.54) is 7.11 Å². The molecule has 0 aliphatic heterocycles. The van der Waals surface area contributed by atoms with Crippen LogP contribution in [0.3, 0.4) is 0 Å². The third-order valence-corrected chi connectivity index (χ3v) is 3.78. The van der Waals surface area contributed by atoms with Gasteiger partial charge in [0.05, 0.1) is 11.9 Å². The minimum absolute atomic E-state index is 0. The summed E-state index contributed by atoms with van der Waals surface area (Å²) in [5.74, 6) is 0. The number of hydrogen-bond donors (Lipinski definition) is 2. The van der Waals surface area contributed by atoms with Gasteiger partial charge >= 0.3 is 0 Å². The molecule has 2 atom stereocenters. The molecule has 5 nitrogen and oxygen atoms in total. The summed E-state index contributed by atoms with van der Waals surface area (Å²) in [4.78, 5) is 0. The standard InChI is InChI=1S/C8H20N2O3S.ClH/c1-7(9-3)5-10-14(11,12)8(2)6-13-4;/h7-10H,5-6H2,1-4H3;1H. The minimum atomic E-state index is -3.24. The van der Waals surface area contributed by atoms with Crippen molar-refractivity contribution in [3.8, 4) is 0 Å². The topological polar surface area (TPSA) is 67.4 Å². The van der Waals surface area contributed by atoms with Crippen molar-refractivity contribution in [2.45, 2.75) is 25.1 Å². The average molecular weight is 261 g/mol. The summed E-state index contributed by atoms with van der Waals surface area (Å²) < 4.78 is 30.4. The molecule has 0 fully saturated rings.